The Labute approximate surface area is 78.8 Å². The molecule has 0 spiro atoms. The average molecular weight is 180 g/mol. The van der Waals surface area contributed by atoms with Gasteiger partial charge in [0, 0.05) is 31.7 Å². The zero-order chi connectivity index (χ0) is 9.68. The van der Waals surface area contributed by atoms with E-state index in [-0.39, 0.29) is 6.04 Å². The van der Waals surface area contributed by atoms with Gasteiger partial charge < -0.3 is 5.73 Å². The Balaban J connectivity index is 2.62. The van der Waals surface area contributed by atoms with Crippen LogP contribution in [-0.4, -0.2) is 35.0 Å². The number of nitrogens with two attached hydrogens (primary N) is 1. The second kappa shape index (κ2) is 4.89. The Kier molecular flexibility index (Phi) is 3.79. The Morgan fingerprint density at radius 1 is 1.54 bits per heavy atom. The minimum atomic E-state index is 0.275. The average Bonchev–Trinajstić information content (AvgIpc) is 2.18. The van der Waals surface area contributed by atoms with Crippen molar-refractivity contribution >= 4 is 0 Å². The van der Waals surface area contributed by atoms with Gasteiger partial charge in [-0.15, -0.1) is 0 Å². The molecule has 1 atom stereocenters. The van der Waals surface area contributed by atoms with Crippen LogP contribution in [0.4, 0.5) is 0 Å². The highest BCUT2D eigenvalue weighted by Crippen LogP contribution is 2.13. The van der Waals surface area contributed by atoms with Gasteiger partial charge in [-0.05, 0) is 14.0 Å². The van der Waals surface area contributed by atoms with Gasteiger partial charge in [0.25, 0.3) is 0 Å². The van der Waals surface area contributed by atoms with Crippen molar-refractivity contribution < 1.29 is 0 Å². The topological polar surface area (TPSA) is 55.0 Å². The molecule has 0 aromatic carbocycles. The normalized spacial score (nSPS) is 13.2. The van der Waals surface area contributed by atoms with E-state index in [0.29, 0.717) is 6.54 Å². The summed E-state index contributed by atoms with van der Waals surface area (Å²) in [5.41, 5.74) is 6.45. The van der Waals surface area contributed by atoms with E-state index in [4.69, 9.17) is 5.73 Å². The van der Waals surface area contributed by atoms with Crippen molar-refractivity contribution in [2.75, 3.05) is 20.1 Å². The largest absolute Gasteiger partial charge is 0.329 e. The standard InChI is InChI=1S/C9H16N4/c1-8(13(2)6-3-10)9-7-11-4-5-12-9/h4-5,7-8H,3,6,10H2,1-2H3/t8-/m1/s1. The third-order valence-corrected chi connectivity index (χ3v) is 2.15. The van der Waals surface area contributed by atoms with Crippen LogP contribution in [0, 0.1) is 0 Å². The first-order chi connectivity index (χ1) is 6.25. The molecule has 1 aromatic rings. The molecule has 4 heteroatoms. The van der Waals surface area contributed by atoms with E-state index in [1.54, 1.807) is 18.6 Å². The van der Waals surface area contributed by atoms with Crippen LogP contribution in [0.5, 0.6) is 0 Å². The van der Waals surface area contributed by atoms with Gasteiger partial charge >= 0.3 is 0 Å². The number of hydrogen-bond acceptors (Lipinski definition) is 4. The van der Waals surface area contributed by atoms with Crippen molar-refractivity contribution in [1.82, 2.24) is 14.9 Å². The van der Waals surface area contributed by atoms with Crippen molar-refractivity contribution in [1.29, 1.82) is 0 Å². The zero-order valence-corrected chi connectivity index (χ0v) is 8.14. The fourth-order valence-electron chi connectivity index (χ4n) is 1.15. The summed E-state index contributed by atoms with van der Waals surface area (Å²) in [5.74, 6) is 0. The minimum absolute atomic E-state index is 0.275. The molecule has 1 heterocycles. The van der Waals surface area contributed by atoms with Crippen molar-refractivity contribution in [2.24, 2.45) is 5.73 Å². The molecule has 13 heavy (non-hydrogen) atoms. The fraction of sp³-hybridized carbons (Fsp3) is 0.556. The van der Waals surface area contributed by atoms with Crippen molar-refractivity contribution in [3.8, 4) is 0 Å². The first-order valence-electron chi connectivity index (χ1n) is 4.42. The molecule has 1 aromatic heterocycles. The van der Waals surface area contributed by atoms with Crippen LogP contribution in [0.2, 0.25) is 0 Å². The summed E-state index contributed by atoms with van der Waals surface area (Å²) >= 11 is 0. The summed E-state index contributed by atoms with van der Waals surface area (Å²) in [6.07, 6.45) is 5.18. The number of likely N-dealkylation sites (N-methyl/N-ethyl adjacent to an activating group) is 1. The zero-order valence-electron chi connectivity index (χ0n) is 8.14. The number of nitrogens with zero attached hydrogens (tertiary/aromatic N) is 3. The van der Waals surface area contributed by atoms with Gasteiger partial charge in [-0.25, -0.2) is 0 Å². The Morgan fingerprint density at radius 2 is 2.31 bits per heavy atom. The molecular weight excluding hydrogens is 164 g/mol. The monoisotopic (exact) mass is 180 g/mol. The molecule has 0 amide bonds. The predicted octanol–water partition coefficient (Wildman–Crippen LogP) is 0.428. The molecule has 0 saturated carbocycles. The van der Waals surface area contributed by atoms with E-state index >= 15 is 0 Å². The summed E-state index contributed by atoms with van der Waals surface area (Å²) < 4.78 is 0. The molecule has 0 bridgehead atoms. The summed E-state index contributed by atoms with van der Waals surface area (Å²) in [5, 5.41) is 0. The van der Waals surface area contributed by atoms with Crippen LogP contribution in [0.1, 0.15) is 18.7 Å². The third kappa shape index (κ3) is 2.75. The first-order valence-corrected chi connectivity index (χ1v) is 4.42. The molecule has 2 N–H and O–H groups in total. The number of aromatic nitrogens is 2. The molecule has 0 aliphatic carbocycles. The molecule has 0 unspecified atom stereocenters. The minimum Gasteiger partial charge on any atom is -0.329 e. The molecule has 1 rings (SSSR count). The second-order valence-corrected chi connectivity index (χ2v) is 3.08. The van der Waals surface area contributed by atoms with Crippen LogP contribution in [0.3, 0.4) is 0 Å². The molecule has 0 saturated heterocycles. The molecule has 0 aliphatic rings. The summed E-state index contributed by atoms with van der Waals surface area (Å²) in [7, 11) is 2.03. The second-order valence-electron chi connectivity index (χ2n) is 3.08. The number of rotatable bonds is 4. The fourth-order valence-corrected chi connectivity index (χ4v) is 1.15. The van der Waals surface area contributed by atoms with E-state index in [0.717, 1.165) is 12.2 Å². The maximum Gasteiger partial charge on any atom is 0.0755 e. The van der Waals surface area contributed by atoms with Gasteiger partial charge in [0.2, 0.25) is 0 Å². The SMILES string of the molecule is C[C@H](c1cnccn1)N(C)CCN. The number of hydrogen-bond donors (Lipinski definition) is 1. The molecule has 0 fully saturated rings. The van der Waals surface area contributed by atoms with Crippen molar-refractivity contribution in [3.05, 3.63) is 24.3 Å². The molecule has 0 aliphatic heterocycles. The van der Waals surface area contributed by atoms with Gasteiger partial charge in [-0.2, -0.15) is 0 Å². The Bertz CT molecular complexity index is 237. The van der Waals surface area contributed by atoms with E-state index in [1.165, 1.54) is 0 Å². The lowest BCUT2D eigenvalue weighted by Crippen LogP contribution is -2.28. The highest BCUT2D eigenvalue weighted by atomic mass is 15.1. The van der Waals surface area contributed by atoms with Crippen LogP contribution in [0.15, 0.2) is 18.6 Å². The lowest BCUT2D eigenvalue weighted by Gasteiger charge is -2.22. The van der Waals surface area contributed by atoms with E-state index in [2.05, 4.69) is 21.8 Å². The summed E-state index contributed by atoms with van der Waals surface area (Å²) in [6.45, 7) is 3.64. The molecule has 0 radical (unpaired) electrons. The van der Waals surface area contributed by atoms with Gasteiger partial charge in [-0.1, -0.05) is 0 Å². The van der Waals surface area contributed by atoms with Crippen LogP contribution in [0.25, 0.3) is 0 Å². The van der Waals surface area contributed by atoms with Gasteiger partial charge in [0.15, 0.2) is 0 Å². The van der Waals surface area contributed by atoms with Crippen LogP contribution >= 0.6 is 0 Å². The van der Waals surface area contributed by atoms with E-state index < -0.39 is 0 Å². The van der Waals surface area contributed by atoms with Gasteiger partial charge in [0.05, 0.1) is 11.7 Å². The third-order valence-electron chi connectivity index (χ3n) is 2.15. The lowest BCUT2D eigenvalue weighted by molar-refractivity contribution is 0.264. The molecule has 72 valence electrons. The van der Waals surface area contributed by atoms with Gasteiger partial charge in [-0.3, -0.25) is 14.9 Å². The van der Waals surface area contributed by atoms with Crippen LogP contribution < -0.4 is 5.73 Å². The highest BCUT2D eigenvalue weighted by molar-refractivity contribution is 5.00. The first kappa shape index (κ1) is 10.1. The quantitative estimate of drug-likeness (QED) is 0.730. The maximum atomic E-state index is 5.47. The predicted molar refractivity (Wildman–Crippen MR) is 52.1 cm³/mol. The van der Waals surface area contributed by atoms with E-state index in [9.17, 15) is 0 Å². The molecular formula is C9H16N4. The smallest absolute Gasteiger partial charge is 0.0755 e. The van der Waals surface area contributed by atoms with E-state index in [1.807, 2.05) is 7.05 Å². The lowest BCUT2D eigenvalue weighted by atomic mass is 10.2. The summed E-state index contributed by atoms with van der Waals surface area (Å²) in [6, 6.07) is 0.275. The highest BCUT2D eigenvalue weighted by Gasteiger charge is 2.11. The Hall–Kier alpha value is -1.00. The Morgan fingerprint density at radius 3 is 2.85 bits per heavy atom. The summed E-state index contributed by atoms with van der Waals surface area (Å²) in [4.78, 5) is 10.4. The maximum absolute atomic E-state index is 5.47. The van der Waals surface area contributed by atoms with Crippen molar-refractivity contribution in [2.45, 2.75) is 13.0 Å². The van der Waals surface area contributed by atoms with Crippen LogP contribution in [-0.2, 0) is 0 Å². The van der Waals surface area contributed by atoms with Crippen molar-refractivity contribution in [3.63, 3.8) is 0 Å². The van der Waals surface area contributed by atoms with Gasteiger partial charge in [0.1, 0.15) is 0 Å². The molecule has 4 nitrogen and oxygen atoms in total.